The van der Waals surface area contributed by atoms with Gasteiger partial charge in [-0.1, -0.05) is 24.8 Å². The standard InChI is InChI=1S/C13H16N2O2/c1-3-8-17-13-11-6-4-5-7-12(11)15(14-13)9-10(2)16/h3-7,10,16H,1,8-9H2,2H3. The number of hydrogen-bond acceptors (Lipinski definition) is 3. The van der Waals surface area contributed by atoms with Gasteiger partial charge >= 0.3 is 0 Å². The van der Waals surface area contributed by atoms with E-state index in [1.54, 1.807) is 17.7 Å². The highest BCUT2D eigenvalue weighted by atomic mass is 16.5. The number of para-hydroxylation sites is 1. The smallest absolute Gasteiger partial charge is 0.241 e. The first kappa shape index (κ1) is 11.7. The van der Waals surface area contributed by atoms with Gasteiger partial charge in [-0.05, 0) is 19.1 Å². The molecule has 0 radical (unpaired) electrons. The van der Waals surface area contributed by atoms with Crippen LogP contribution in [0.1, 0.15) is 6.92 Å². The van der Waals surface area contributed by atoms with E-state index in [0.717, 1.165) is 10.9 Å². The van der Waals surface area contributed by atoms with Gasteiger partial charge in [-0.3, -0.25) is 4.68 Å². The normalized spacial score (nSPS) is 12.6. The van der Waals surface area contributed by atoms with Gasteiger partial charge in [0.05, 0.1) is 23.6 Å². The highest BCUT2D eigenvalue weighted by Crippen LogP contribution is 2.24. The van der Waals surface area contributed by atoms with Gasteiger partial charge in [-0.15, -0.1) is 5.10 Å². The quantitative estimate of drug-likeness (QED) is 0.802. The SMILES string of the molecule is C=CCOc1nn(CC(C)O)c2ccccc12. The predicted octanol–water partition coefficient (Wildman–Crippen LogP) is 1.98. The average molecular weight is 232 g/mol. The molecule has 90 valence electrons. The van der Waals surface area contributed by atoms with Crippen molar-refractivity contribution in [2.75, 3.05) is 6.61 Å². The van der Waals surface area contributed by atoms with Crippen LogP contribution in [0.15, 0.2) is 36.9 Å². The molecule has 0 aliphatic carbocycles. The molecule has 0 bridgehead atoms. The topological polar surface area (TPSA) is 47.3 Å². The maximum Gasteiger partial charge on any atom is 0.241 e. The van der Waals surface area contributed by atoms with E-state index < -0.39 is 6.10 Å². The molecule has 1 unspecified atom stereocenters. The molecule has 2 rings (SSSR count). The van der Waals surface area contributed by atoms with E-state index in [1.165, 1.54) is 0 Å². The van der Waals surface area contributed by atoms with Crippen molar-refractivity contribution < 1.29 is 9.84 Å². The lowest BCUT2D eigenvalue weighted by atomic mass is 10.2. The van der Waals surface area contributed by atoms with Crippen molar-refractivity contribution >= 4 is 10.9 Å². The number of hydrogen-bond donors (Lipinski definition) is 1. The third kappa shape index (κ3) is 2.47. The second-order valence-electron chi connectivity index (χ2n) is 3.95. The summed E-state index contributed by atoms with van der Waals surface area (Å²) in [4.78, 5) is 0. The molecule has 4 heteroatoms. The monoisotopic (exact) mass is 232 g/mol. The third-order valence-electron chi connectivity index (χ3n) is 2.40. The fraction of sp³-hybridized carbons (Fsp3) is 0.308. The van der Waals surface area contributed by atoms with Crippen molar-refractivity contribution in [2.45, 2.75) is 19.6 Å². The molecule has 0 aliphatic heterocycles. The summed E-state index contributed by atoms with van der Waals surface area (Å²) in [7, 11) is 0. The van der Waals surface area contributed by atoms with Crippen LogP contribution in [0.5, 0.6) is 5.88 Å². The first-order valence-electron chi connectivity index (χ1n) is 5.59. The second kappa shape index (κ2) is 5.01. The Labute approximate surface area is 100 Å². The molecular formula is C13H16N2O2. The van der Waals surface area contributed by atoms with Crippen molar-refractivity contribution in [1.82, 2.24) is 9.78 Å². The maximum absolute atomic E-state index is 9.43. The molecule has 0 fully saturated rings. The van der Waals surface area contributed by atoms with E-state index in [9.17, 15) is 5.11 Å². The summed E-state index contributed by atoms with van der Waals surface area (Å²) in [5.74, 6) is 0.584. The molecule has 1 aromatic carbocycles. The van der Waals surface area contributed by atoms with Gasteiger partial charge in [-0.25, -0.2) is 0 Å². The van der Waals surface area contributed by atoms with E-state index in [-0.39, 0.29) is 0 Å². The van der Waals surface area contributed by atoms with Crippen molar-refractivity contribution in [1.29, 1.82) is 0 Å². The van der Waals surface area contributed by atoms with Crippen LogP contribution < -0.4 is 4.74 Å². The van der Waals surface area contributed by atoms with E-state index >= 15 is 0 Å². The van der Waals surface area contributed by atoms with Crippen LogP contribution in [0.3, 0.4) is 0 Å². The number of fused-ring (bicyclic) bond motifs is 1. The van der Waals surface area contributed by atoms with Crippen molar-refractivity contribution in [2.24, 2.45) is 0 Å². The minimum absolute atomic E-state index is 0.426. The summed E-state index contributed by atoms with van der Waals surface area (Å²) < 4.78 is 7.26. The first-order valence-corrected chi connectivity index (χ1v) is 5.59. The highest BCUT2D eigenvalue weighted by Gasteiger charge is 2.11. The Hall–Kier alpha value is -1.81. The molecular weight excluding hydrogens is 216 g/mol. The van der Waals surface area contributed by atoms with Crippen LogP contribution in [0, 0.1) is 0 Å². The van der Waals surface area contributed by atoms with Crippen LogP contribution in [-0.2, 0) is 6.54 Å². The van der Waals surface area contributed by atoms with E-state index in [1.807, 2.05) is 24.3 Å². The van der Waals surface area contributed by atoms with Gasteiger partial charge in [0.2, 0.25) is 5.88 Å². The molecule has 2 aromatic rings. The number of aromatic nitrogens is 2. The van der Waals surface area contributed by atoms with Crippen LogP contribution in [0.4, 0.5) is 0 Å². The molecule has 0 spiro atoms. The van der Waals surface area contributed by atoms with Gasteiger partial charge in [0.15, 0.2) is 0 Å². The van der Waals surface area contributed by atoms with Gasteiger partial charge in [-0.2, -0.15) is 0 Å². The molecule has 0 saturated carbocycles. The number of aliphatic hydroxyl groups excluding tert-OH is 1. The summed E-state index contributed by atoms with van der Waals surface area (Å²) in [6.45, 7) is 6.23. The lowest BCUT2D eigenvalue weighted by Crippen LogP contribution is -2.12. The van der Waals surface area contributed by atoms with Crippen LogP contribution in [-0.4, -0.2) is 27.6 Å². The Balaban J connectivity index is 2.42. The Morgan fingerprint density at radius 3 is 3.00 bits per heavy atom. The first-order chi connectivity index (χ1) is 8.22. The summed E-state index contributed by atoms with van der Waals surface area (Å²) >= 11 is 0. The van der Waals surface area contributed by atoms with Crippen molar-refractivity contribution in [3.05, 3.63) is 36.9 Å². The fourth-order valence-corrected chi connectivity index (χ4v) is 1.73. The minimum atomic E-state index is -0.439. The number of rotatable bonds is 5. The lowest BCUT2D eigenvalue weighted by molar-refractivity contribution is 0.169. The zero-order valence-corrected chi connectivity index (χ0v) is 9.84. The maximum atomic E-state index is 9.43. The summed E-state index contributed by atoms with van der Waals surface area (Å²) in [6, 6.07) is 7.81. The molecule has 0 amide bonds. The Kier molecular flexibility index (Phi) is 3.44. The Morgan fingerprint density at radius 2 is 2.29 bits per heavy atom. The number of nitrogens with zero attached hydrogens (tertiary/aromatic N) is 2. The van der Waals surface area contributed by atoms with Crippen molar-refractivity contribution in [3.63, 3.8) is 0 Å². The summed E-state index contributed by atoms with van der Waals surface area (Å²) in [5.41, 5.74) is 0.965. The Morgan fingerprint density at radius 1 is 1.53 bits per heavy atom. The van der Waals surface area contributed by atoms with Gasteiger partial charge in [0.1, 0.15) is 6.61 Å². The average Bonchev–Trinajstić information content (AvgIpc) is 2.65. The largest absolute Gasteiger partial charge is 0.472 e. The van der Waals surface area contributed by atoms with E-state index in [4.69, 9.17) is 4.74 Å². The zero-order chi connectivity index (χ0) is 12.3. The second-order valence-corrected chi connectivity index (χ2v) is 3.95. The van der Waals surface area contributed by atoms with Gasteiger partial charge < -0.3 is 9.84 Å². The zero-order valence-electron chi connectivity index (χ0n) is 9.84. The molecule has 4 nitrogen and oxygen atoms in total. The van der Waals surface area contributed by atoms with Crippen LogP contribution in [0.2, 0.25) is 0 Å². The van der Waals surface area contributed by atoms with Gasteiger partial charge in [0.25, 0.3) is 0 Å². The third-order valence-corrected chi connectivity index (χ3v) is 2.40. The number of benzene rings is 1. The van der Waals surface area contributed by atoms with Crippen molar-refractivity contribution in [3.8, 4) is 5.88 Å². The molecule has 0 saturated heterocycles. The number of ether oxygens (including phenoxy) is 1. The van der Waals surface area contributed by atoms with Crippen LogP contribution >= 0.6 is 0 Å². The molecule has 1 aromatic heterocycles. The minimum Gasteiger partial charge on any atom is -0.472 e. The molecule has 1 heterocycles. The Bertz CT molecular complexity index is 517. The lowest BCUT2D eigenvalue weighted by Gasteiger charge is -2.04. The van der Waals surface area contributed by atoms with E-state index in [0.29, 0.717) is 19.0 Å². The molecule has 17 heavy (non-hydrogen) atoms. The molecule has 0 aliphatic rings. The highest BCUT2D eigenvalue weighted by molar-refractivity contribution is 5.84. The van der Waals surface area contributed by atoms with Gasteiger partial charge in [0, 0.05) is 0 Å². The summed E-state index contributed by atoms with van der Waals surface area (Å²) in [5, 5.41) is 14.7. The number of aliphatic hydroxyl groups is 1. The van der Waals surface area contributed by atoms with E-state index in [2.05, 4.69) is 11.7 Å². The predicted molar refractivity (Wildman–Crippen MR) is 67.1 cm³/mol. The summed E-state index contributed by atoms with van der Waals surface area (Å²) in [6.07, 6.45) is 1.24. The molecule has 1 atom stereocenters. The molecule has 1 N–H and O–H groups in total. The van der Waals surface area contributed by atoms with Crippen LogP contribution in [0.25, 0.3) is 10.9 Å². The fourth-order valence-electron chi connectivity index (χ4n) is 1.73.